The Bertz CT molecular complexity index is 943. The fourth-order valence-corrected chi connectivity index (χ4v) is 2.72. The quantitative estimate of drug-likeness (QED) is 0.610. The molecule has 0 saturated heterocycles. The van der Waals surface area contributed by atoms with Gasteiger partial charge in [0.25, 0.3) is 5.91 Å². The monoisotopic (exact) mass is 387 g/mol. The number of carbonyl (C=O) groups is 1. The molecule has 0 aliphatic carbocycles. The van der Waals surface area contributed by atoms with E-state index in [2.05, 4.69) is 5.32 Å². The van der Waals surface area contributed by atoms with E-state index in [1.165, 1.54) is 13.0 Å². The second-order valence-corrected chi connectivity index (χ2v) is 6.26. The smallest absolute Gasteiger partial charge is 0.265 e. The van der Waals surface area contributed by atoms with Crippen LogP contribution in [0.15, 0.2) is 66.7 Å². The second-order valence-electron chi connectivity index (χ2n) is 5.86. The van der Waals surface area contributed by atoms with Crippen molar-refractivity contribution in [2.75, 3.05) is 5.32 Å². The van der Waals surface area contributed by atoms with Crippen LogP contribution in [0.25, 0.3) is 11.1 Å². The predicted molar refractivity (Wildman–Crippen MR) is 102 cm³/mol. The molecule has 1 amide bonds. The van der Waals surface area contributed by atoms with E-state index in [0.29, 0.717) is 10.8 Å². The largest absolute Gasteiger partial charge is 0.479 e. The molecule has 0 fully saturated rings. The summed E-state index contributed by atoms with van der Waals surface area (Å²) in [5.74, 6) is -2.11. The molecular formula is C21H16ClF2NO2. The molecule has 3 rings (SSSR count). The van der Waals surface area contributed by atoms with Crippen molar-refractivity contribution in [1.29, 1.82) is 0 Å². The maximum atomic E-state index is 13.7. The standard InChI is InChI=1S/C21H16ClF2NO2/c1-13(21(26)25-20-17(23)8-5-9-18(20)24)27-19-11-10-15(12-16(19)22)14-6-3-2-4-7-14/h2-13H,1H3,(H,25,26)/t13-/m0/s1. The molecule has 1 atom stereocenters. The molecule has 3 aromatic carbocycles. The lowest BCUT2D eigenvalue weighted by Gasteiger charge is -2.16. The molecule has 0 saturated carbocycles. The van der Waals surface area contributed by atoms with E-state index in [-0.39, 0.29) is 0 Å². The zero-order chi connectivity index (χ0) is 19.4. The number of amides is 1. The molecule has 3 nitrogen and oxygen atoms in total. The summed E-state index contributed by atoms with van der Waals surface area (Å²) in [6.07, 6.45) is -1.01. The van der Waals surface area contributed by atoms with Crippen molar-refractivity contribution in [3.8, 4) is 16.9 Å². The van der Waals surface area contributed by atoms with Gasteiger partial charge >= 0.3 is 0 Å². The van der Waals surface area contributed by atoms with Gasteiger partial charge in [-0.15, -0.1) is 0 Å². The van der Waals surface area contributed by atoms with Crippen molar-refractivity contribution in [1.82, 2.24) is 0 Å². The zero-order valence-corrected chi connectivity index (χ0v) is 15.1. The molecule has 6 heteroatoms. The molecule has 0 unspecified atom stereocenters. The van der Waals surface area contributed by atoms with Crippen molar-refractivity contribution in [3.63, 3.8) is 0 Å². The van der Waals surface area contributed by atoms with Gasteiger partial charge in [-0.25, -0.2) is 8.78 Å². The summed E-state index contributed by atoms with van der Waals surface area (Å²) >= 11 is 6.26. The maximum absolute atomic E-state index is 13.7. The van der Waals surface area contributed by atoms with E-state index in [1.54, 1.807) is 12.1 Å². The van der Waals surface area contributed by atoms with Gasteiger partial charge in [-0.2, -0.15) is 0 Å². The highest BCUT2D eigenvalue weighted by Crippen LogP contribution is 2.31. The van der Waals surface area contributed by atoms with Gasteiger partial charge in [0.15, 0.2) is 6.10 Å². The maximum Gasteiger partial charge on any atom is 0.265 e. The number of anilines is 1. The normalized spacial score (nSPS) is 11.7. The number of ether oxygens (including phenoxy) is 1. The summed E-state index contributed by atoms with van der Waals surface area (Å²) in [6, 6.07) is 18.2. The summed E-state index contributed by atoms with van der Waals surface area (Å²) in [4.78, 5) is 12.2. The number of hydrogen-bond acceptors (Lipinski definition) is 2. The van der Waals surface area contributed by atoms with Crippen molar-refractivity contribution < 1.29 is 18.3 Å². The first-order chi connectivity index (χ1) is 13.0. The molecule has 0 aromatic heterocycles. The van der Waals surface area contributed by atoms with Crippen molar-refractivity contribution >= 4 is 23.2 Å². The second kappa shape index (κ2) is 8.18. The number of para-hydroxylation sites is 1. The Morgan fingerprint density at radius 1 is 0.963 bits per heavy atom. The first-order valence-electron chi connectivity index (χ1n) is 8.22. The molecule has 1 N–H and O–H groups in total. The third-order valence-electron chi connectivity index (χ3n) is 3.92. The van der Waals surface area contributed by atoms with E-state index < -0.39 is 29.3 Å². The van der Waals surface area contributed by atoms with Crippen LogP contribution in [0.4, 0.5) is 14.5 Å². The first kappa shape index (κ1) is 18.9. The van der Waals surface area contributed by atoms with Gasteiger partial charge in [-0.1, -0.05) is 54.1 Å². The highest BCUT2D eigenvalue weighted by atomic mass is 35.5. The van der Waals surface area contributed by atoms with Gasteiger partial charge in [0, 0.05) is 0 Å². The van der Waals surface area contributed by atoms with Crippen LogP contribution in [0.5, 0.6) is 5.75 Å². The summed E-state index contributed by atoms with van der Waals surface area (Å²) in [6.45, 7) is 1.47. The van der Waals surface area contributed by atoms with Gasteiger partial charge in [0.2, 0.25) is 0 Å². The summed E-state index contributed by atoms with van der Waals surface area (Å²) < 4.78 is 32.9. The Kier molecular flexibility index (Phi) is 5.72. The Morgan fingerprint density at radius 3 is 2.26 bits per heavy atom. The number of hydrogen-bond donors (Lipinski definition) is 1. The van der Waals surface area contributed by atoms with E-state index in [0.717, 1.165) is 23.3 Å². The molecule has 27 heavy (non-hydrogen) atoms. The summed E-state index contributed by atoms with van der Waals surface area (Å²) in [5.41, 5.74) is 1.38. The van der Waals surface area contributed by atoms with Crippen LogP contribution in [0.2, 0.25) is 5.02 Å². The van der Waals surface area contributed by atoms with Gasteiger partial charge in [-0.05, 0) is 42.3 Å². The molecule has 0 aliphatic heterocycles. The summed E-state index contributed by atoms with van der Waals surface area (Å²) in [7, 11) is 0. The molecule has 0 aliphatic rings. The van der Waals surface area contributed by atoms with Crippen molar-refractivity contribution in [3.05, 3.63) is 83.4 Å². The third kappa shape index (κ3) is 4.44. The van der Waals surface area contributed by atoms with Crippen LogP contribution in [0.1, 0.15) is 6.92 Å². The number of carbonyl (C=O) groups excluding carboxylic acids is 1. The Hall–Kier alpha value is -2.92. The lowest BCUT2D eigenvalue weighted by atomic mass is 10.1. The van der Waals surface area contributed by atoms with Crippen LogP contribution >= 0.6 is 11.6 Å². The molecule has 0 bridgehead atoms. The SMILES string of the molecule is C[C@H](Oc1ccc(-c2ccccc2)cc1Cl)C(=O)Nc1c(F)cccc1F. The van der Waals surface area contributed by atoms with Gasteiger partial charge < -0.3 is 10.1 Å². The van der Waals surface area contributed by atoms with Crippen LogP contribution in [0.3, 0.4) is 0 Å². The lowest BCUT2D eigenvalue weighted by Crippen LogP contribution is -2.31. The van der Waals surface area contributed by atoms with Gasteiger partial charge in [0.1, 0.15) is 23.1 Å². The summed E-state index contributed by atoms with van der Waals surface area (Å²) in [5, 5.41) is 2.53. The molecule has 3 aromatic rings. The number of rotatable bonds is 5. The number of benzene rings is 3. The fourth-order valence-electron chi connectivity index (χ4n) is 2.49. The van der Waals surface area contributed by atoms with Crippen LogP contribution in [-0.2, 0) is 4.79 Å². The highest BCUT2D eigenvalue weighted by molar-refractivity contribution is 6.32. The fraction of sp³-hybridized carbons (Fsp3) is 0.0952. The van der Waals surface area contributed by atoms with E-state index in [1.807, 2.05) is 36.4 Å². The molecule has 138 valence electrons. The minimum atomic E-state index is -1.01. The van der Waals surface area contributed by atoms with E-state index in [4.69, 9.17) is 16.3 Å². The average Bonchev–Trinajstić information content (AvgIpc) is 2.67. The third-order valence-corrected chi connectivity index (χ3v) is 4.22. The van der Waals surface area contributed by atoms with Crippen LogP contribution in [0, 0.1) is 11.6 Å². The molecule has 0 radical (unpaired) electrons. The van der Waals surface area contributed by atoms with Crippen LogP contribution < -0.4 is 10.1 Å². The number of halogens is 3. The van der Waals surface area contributed by atoms with Gasteiger partial charge in [0.05, 0.1) is 5.02 Å². The topological polar surface area (TPSA) is 38.3 Å². The molecule has 0 heterocycles. The zero-order valence-electron chi connectivity index (χ0n) is 14.4. The minimum Gasteiger partial charge on any atom is -0.479 e. The predicted octanol–water partition coefficient (Wildman–Crippen LogP) is 5.69. The average molecular weight is 388 g/mol. The van der Waals surface area contributed by atoms with E-state index >= 15 is 0 Å². The Labute approximate surface area is 160 Å². The van der Waals surface area contributed by atoms with Crippen LogP contribution in [-0.4, -0.2) is 12.0 Å². The molecular weight excluding hydrogens is 372 g/mol. The molecule has 0 spiro atoms. The highest BCUT2D eigenvalue weighted by Gasteiger charge is 2.19. The number of nitrogens with one attached hydrogen (secondary N) is 1. The van der Waals surface area contributed by atoms with Crippen molar-refractivity contribution in [2.45, 2.75) is 13.0 Å². The van der Waals surface area contributed by atoms with E-state index in [9.17, 15) is 13.6 Å². The lowest BCUT2D eigenvalue weighted by molar-refractivity contribution is -0.122. The Morgan fingerprint density at radius 2 is 1.63 bits per heavy atom. The van der Waals surface area contributed by atoms with Crippen molar-refractivity contribution in [2.24, 2.45) is 0 Å². The first-order valence-corrected chi connectivity index (χ1v) is 8.60. The Balaban J connectivity index is 1.72. The minimum absolute atomic E-state index is 0.299. The van der Waals surface area contributed by atoms with Gasteiger partial charge in [-0.3, -0.25) is 4.79 Å².